The Morgan fingerprint density at radius 3 is 2.75 bits per heavy atom. The van der Waals surface area contributed by atoms with Crippen LogP contribution in [0.5, 0.6) is 0 Å². The summed E-state index contributed by atoms with van der Waals surface area (Å²) in [5.41, 5.74) is 0.606. The number of benzene rings is 1. The maximum atomic E-state index is 12.9. The van der Waals surface area contributed by atoms with E-state index in [-0.39, 0.29) is 11.5 Å². The highest BCUT2D eigenvalue weighted by atomic mass is 127. The van der Waals surface area contributed by atoms with Gasteiger partial charge in [0.2, 0.25) is 0 Å². The van der Waals surface area contributed by atoms with E-state index in [1.54, 1.807) is 6.07 Å². The summed E-state index contributed by atoms with van der Waals surface area (Å²) in [4.78, 5) is 10.6. The Balaban J connectivity index is 2.46. The smallest absolute Gasteiger partial charge is 0.356 e. The first-order chi connectivity index (χ1) is 7.58. The van der Waals surface area contributed by atoms with E-state index < -0.39 is 5.97 Å². The molecule has 1 N–H and O–H groups in total. The summed E-state index contributed by atoms with van der Waals surface area (Å²) in [5.74, 6) is -1.42. The molecular weight excluding hydrogens is 326 g/mol. The van der Waals surface area contributed by atoms with Crippen molar-refractivity contribution in [3.63, 3.8) is 0 Å². The average molecular weight is 332 g/mol. The van der Waals surface area contributed by atoms with E-state index in [2.05, 4.69) is 5.10 Å². The van der Waals surface area contributed by atoms with Gasteiger partial charge in [0.25, 0.3) is 0 Å². The van der Waals surface area contributed by atoms with Gasteiger partial charge in [-0.1, -0.05) is 0 Å². The summed E-state index contributed by atoms with van der Waals surface area (Å²) in [6.45, 7) is 0. The molecule has 0 aliphatic heterocycles. The molecule has 0 bridgehead atoms. The molecule has 0 saturated heterocycles. The fourth-order valence-corrected chi connectivity index (χ4v) is 1.96. The van der Waals surface area contributed by atoms with Crippen LogP contribution >= 0.6 is 22.6 Å². The van der Waals surface area contributed by atoms with Crippen molar-refractivity contribution in [2.24, 2.45) is 0 Å². The molecule has 16 heavy (non-hydrogen) atoms. The Kier molecular flexibility index (Phi) is 2.90. The molecule has 0 fully saturated rings. The number of carboxylic acid groups (broad SMARTS) is 1. The van der Waals surface area contributed by atoms with Gasteiger partial charge in [0.05, 0.1) is 5.69 Å². The van der Waals surface area contributed by atoms with Crippen molar-refractivity contribution in [3.05, 3.63) is 45.5 Å². The van der Waals surface area contributed by atoms with Gasteiger partial charge in [0.15, 0.2) is 5.69 Å². The van der Waals surface area contributed by atoms with Gasteiger partial charge in [-0.15, -0.1) is 0 Å². The van der Waals surface area contributed by atoms with Gasteiger partial charge in [-0.2, -0.15) is 5.10 Å². The average Bonchev–Trinajstić information content (AvgIpc) is 2.66. The van der Waals surface area contributed by atoms with E-state index in [1.165, 1.54) is 29.1 Å². The summed E-state index contributed by atoms with van der Waals surface area (Å²) >= 11 is 1.97. The van der Waals surface area contributed by atoms with Crippen molar-refractivity contribution in [1.29, 1.82) is 0 Å². The van der Waals surface area contributed by atoms with Crippen LogP contribution in [-0.4, -0.2) is 20.9 Å². The molecule has 0 amide bonds. The van der Waals surface area contributed by atoms with Crippen molar-refractivity contribution in [2.75, 3.05) is 0 Å². The van der Waals surface area contributed by atoms with E-state index >= 15 is 0 Å². The zero-order chi connectivity index (χ0) is 11.7. The number of halogens is 2. The quantitative estimate of drug-likeness (QED) is 0.859. The van der Waals surface area contributed by atoms with Crippen LogP contribution in [-0.2, 0) is 0 Å². The van der Waals surface area contributed by atoms with Crippen LogP contribution in [0.3, 0.4) is 0 Å². The molecule has 0 aliphatic rings. The highest BCUT2D eigenvalue weighted by Crippen LogP contribution is 2.17. The Labute approximate surface area is 104 Å². The minimum Gasteiger partial charge on any atom is -0.476 e. The molecule has 0 spiro atoms. The Morgan fingerprint density at radius 2 is 2.19 bits per heavy atom. The van der Waals surface area contributed by atoms with Crippen molar-refractivity contribution >= 4 is 28.6 Å². The monoisotopic (exact) mass is 332 g/mol. The standard InChI is InChI=1S/C10H6FIN2O2/c11-6-1-2-9(7(12)5-6)14-4-3-8(13-14)10(15)16/h1-5H,(H,15,16). The molecule has 0 atom stereocenters. The van der Waals surface area contributed by atoms with Crippen LogP contribution in [0.1, 0.15) is 10.5 Å². The van der Waals surface area contributed by atoms with Gasteiger partial charge in [-0.05, 0) is 46.9 Å². The van der Waals surface area contributed by atoms with Gasteiger partial charge in [0, 0.05) is 9.77 Å². The number of hydrogen-bond acceptors (Lipinski definition) is 2. The number of carbonyl (C=O) groups is 1. The van der Waals surface area contributed by atoms with Crippen molar-refractivity contribution in [3.8, 4) is 5.69 Å². The molecule has 6 heteroatoms. The van der Waals surface area contributed by atoms with E-state index in [0.29, 0.717) is 9.26 Å². The van der Waals surface area contributed by atoms with Gasteiger partial charge >= 0.3 is 5.97 Å². The zero-order valence-electron chi connectivity index (χ0n) is 7.89. The van der Waals surface area contributed by atoms with E-state index in [4.69, 9.17) is 5.11 Å². The lowest BCUT2D eigenvalue weighted by Gasteiger charge is -2.03. The molecule has 0 unspecified atom stereocenters. The minimum absolute atomic E-state index is 0.0416. The van der Waals surface area contributed by atoms with E-state index in [0.717, 1.165) is 0 Å². The molecule has 0 saturated carbocycles. The Hall–Kier alpha value is -1.44. The molecule has 2 aromatic rings. The van der Waals surface area contributed by atoms with Crippen molar-refractivity contribution in [2.45, 2.75) is 0 Å². The largest absolute Gasteiger partial charge is 0.476 e. The maximum Gasteiger partial charge on any atom is 0.356 e. The van der Waals surface area contributed by atoms with Gasteiger partial charge < -0.3 is 5.11 Å². The number of rotatable bonds is 2. The summed E-state index contributed by atoms with van der Waals surface area (Å²) in [6.07, 6.45) is 1.53. The fourth-order valence-electron chi connectivity index (χ4n) is 1.24. The zero-order valence-corrected chi connectivity index (χ0v) is 10.1. The molecule has 2 rings (SSSR count). The number of aromatic nitrogens is 2. The predicted molar refractivity (Wildman–Crippen MR) is 63.2 cm³/mol. The first kappa shape index (κ1) is 11.1. The lowest BCUT2D eigenvalue weighted by atomic mass is 10.3. The molecule has 4 nitrogen and oxygen atoms in total. The highest BCUT2D eigenvalue weighted by molar-refractivity contribution is 14.1. The summed E-state index contributed by atoms with van der Waals surface area (Å²) in [5, 5.41) is 12.6. The first-order valence-electron chi connectivity index (χ1n) is 4.32. The van der Waals surface area contributed by atoms with Crippen LogP contribution < -0.4 is 0 Å². The normalized spacial score (nSPS) is 10.4. The predicted octanol–water partition coefficient (Wildman–Crippen LogP) is 2.31. The lowest BCUT2D eigenvalue weighted by Crippen LogP contribution is -2.02. The van der Waals surface area contributed by atoms with Crippen LogP contribution in [0.15, 0.2) is 30.5 Å². The van der Waals surface area contributed by atoms with E-state index in [9.17, 15) is 9.18 Å². The number of hydrogen-bond donors (Lipinski definition) is 1. The molecule has 1 aromatic heterocycles. The molecule has 1 aromatic carbocycles. The topological polar surface area (TPSA) is 55.1 Å². The second-order valence-electron chi connectivity index (χ2n) is 3.05. The third-order valence-electron chi connectivity index (χ3n) is 1.96. The number of carboxylic acids is 1. The second kappa shape index (κ2) is 4.20. The van der Waals surface area contributed by atoms with Crippen LogP contribution in [0, 0.1) is 9.39 Å². The SMILES string of the molecule is O=C(O)c1ccn(-c2ccc(F)cc2I)n1. The third-order valence-corrected chi connectivity index (χ3v) is 2.83. The highest BCUT2D eigenvalue weighted by Gasteiger charge is 2.09. The van der Waals surface area contributed by atoms with Crippen molar-refractivity contribution in [1.82, 2.24) is 9.78 Å². The lowest BCUT2D eigenvalue weighted by molar-refractivity contribution is 0.0690. The molecule has 1 heterocycles. The first-order valence-corrected chi connectivity index (χ1v) is 5.40. The molecule has 0 aliphatic carbocycles. The summed E-state index contributed by atoms with van der Waals surface area (Å²) < 4.78 is 14.9. The second-order valence-corrected chi connectivity index (χ2v) is 4.21. The van der Waals surface area contributed by atoms with Gasteiger partial charge in [-0.3, -0.25) is 0 Å². The molecular formula is C10H6FIN2O2. The van der Waals surface area contributed by atoms with Crippen LogP contribution in [0.4, 0.5) is 4.39 Å². The Morgan fingerprint density at radius 1 is 1.44 bits per heavy atom. The minimum atomic E-state index is -1.09. The maximum absolute atomic E-state index is 12.9. The third kappa shape index (κ3) is 2.06. The molecule has 82 valence electrons. The van der Waals surface area contributed by atoms with Gasteiger partial charge in [0.1, 0.15) is 5.82 Å². The summed E-state index contributed by atoms with van der Waals surface area (Å²) in [7, 11) is 0. The fraction of sp³-hybridized carbons (Fsp3) is 0. The number of nitrogens with zero attached hydrogens (tertiary/aromatic N) is 2. The van der Waals surface area contributed by atoms with E-state index in [1.807, 2.05) is 22.6 Å². The van der Waals surface area contributed by atoms with Crippen molar-refractivity contribution < 1.29 is 14.3 Å². The summed E-state index contributed by atoms with van der Waals surface area (Å²) in [6, 6.07) is 5.61. The number of aromatic carboxylic acids is 1. The molecule has 0 radical (unpaired) electrons. The van der Waals surface area contributed by atoms with Crippen LogP contribution in [0.2, 0.25) is 0 Å². The Bertz CT molecular complexity index is 554. The van der Waals surface area contributed by atoms with Crippen LogP contribution in [0.25, 0.3) is 5.69 Å². The van der Waals surface area contributed by atoms with Gasteiger partial charge in [-0.25, -0.2) is 13.9 Å².